The van der Waals surface area contributed by atoms with Gasteiger partial charge in [-0.15, -0.1) is 0 Å². The van der Waals surface area contributed by atoms with Gasteiger partial charge in [0.05, 0.1) is 27.6 Å². The Bertz CT molecular complexity index is 2060. The quantitative estimate of drug-likeness (QED) is 0.179. The van der Waals surface area contributed by atoms with E-state index < -0.39 is 51.5 Å². The first kappa shape index (κ1) is 32.9. The van der Waals surface area contributed by atoms with Crippen LogP contribution < -0.4 is 9.46 Å². The van der Waals surface area contributed by atoms with Crippen molar-refractivity contribution in [1.29, 1.82) is 0 Å². The van der Waals surface area contributed by atoms with Crippen molar-refractivity contribution in [3.8, 4) is 11.6 Å². The Morgan fingerprint density at radius 3 is 2.17 bits per heavy atom. The van der Waals surface area contributed by atoms with Crippen LogP contribution >= 0.6 is 0 Å². The molecule has 3 aromatic carbocycles. The summed E-state index contributed by atoms with van der Waals surface area (Å²) < 4.78 is 112. The minimum atomic E-state index is -4.62. The number of nitrogens with one attached hydrogen (secondary N) is 1. The lowest BCUT2D eigenvalue weighted by atomic mass is 10.0. The number of pyridine rings is 2. The number of carbonyl (C=O) groups is 1. The second-order valence-electron chi connectivity index (χ2n) is 10.9. The lowest BCUT2D eigenvalue weighted by molar-refractivity contribution is -0.138. The van der Waals surface area contributed by atoms with Crippen LogP contribution in [0, 0.1) is 0 Å². The van der Waals surface area contributed by atoms with E-state index in [4.69, 9.17) is 4.74 Å². The van der Waals surface area contributed by atoms with Crippen molar-refractivity contribution in [2.75, 3.05) is 6.54 Å². The molecule has 0 saturated carbocycles. The van der Waals surface area contributed by atoms with Gasteiger partial charge in [0, 0.05) is 30.2 Å². The fourth-order valence-corrected chi connectivity index (χ4v) is 6.73. The number of sulfonamides is 1. The maximum absolute atomic E-state index is 13.9. The molecule has 0 spiro atoms. The molecular formula is C33H24F6N4O4S. The maximum Gasteiger partial charge on any atom is 0.417 e. The fraction of sp³-hybridized carbons (Fsp3) is 0.182. The summed E-state index contributed by atoms with van der Waals surface area (Å²) in [5.74, 6) is -0.245. The highest BCUT2D eigenvalue weighted by atomic mass is 32.2. The number of ether oxygens (including phenoxy) is 1. The summed E-state index contributed by atoms with van der Waals surface area (Å²) in [6.07, 6.45) is -8.27. The number of likely N-dealkylation sites (tertiary alicyclic amines) is 1. The first-order chi connectivity index (χ1) is 22.7. The molecule has 1 aliphatic rings. The number of rotatable bonds is 7. The van der Waals surface area contributed by atoms with Crippen molar-refractivity contribution in [2.45, 2.75) is 35.8 Å². The van der Waals surface area contributed by atoms with Crippen LogP contribution in [0.1, 0.15) is 39.6 Å². The number of nitrogens with zero attached hydrogens (tertiary/aromatic N) is 3. The molecule has 48 heavy (non-hydrogen) atoms. The molecule has 8 nitrogen and oxygen atoms in total. The van der Waals surface area contributed by atoms with E-state index in [2.05, 4.69) is 14.7 Å². The first-order valence-electron chi connectivity index (χ1n) is 14.4. The number of hydrogen-bond acceptors (Lipinski definition) is 6. The normalized spacial score (nSPS) is 17.1. The topological polar surface area (TPSA) is 101 Å². The van der Waals surface area contributed by atoms with Gasteiger partial charge >= 0.3 is 12.4 Å². The number of halogens is 6. The molecule has 0 bridgehead atoms. The molecule has 0 aliphatic carbocycles. The van der Waals surface area contributed by atoms with Crippen molar-refractivity contribution in [2.24, 2.45) is 0 Å². The Balaban J connectivity index is 1.22. The minimum Gasteiger partial charge on any atom is -0.439 e. The number of benzene rings is 3. The van der Waals surface area contributed by atoms with Crippen LogP contribution in [0.15, 0.2) is 108 Å². The summed E-state index contributed by atoms with van der Waals surface area (Å²) in [6.45, 7) is 0.158. The number of fused-ring (bicyclic) bond motifs is 1. The van der Waals surface area contributed by atoms with Gasteiger partial charge < -0.3 is 9.64 Å². The highest BCUT2D eigenvalue weighted by Gasteiger charge is 2.41. The fourth-order valence-electron chi connectivity index (χ4n) is 5.46. The van der Waals surface area contributed by atoms with Crippen molar-refractivity contribution in [3.63, 3.8) is 0 Å². The Labute approximate surface area is 270 Å². The lowest BCUT2D eigenvalue weighted by Gasteiger charge is -2.29. The van der Waals surface area contributed by atoms with Crippen LogP contribution in [0.25, 0.3) is 10.9 Å². The van der Waals surface area contributed by atoms with Crippen LogP contribution in [0.4, 0.5) is 26.3 Å². The third kappa shape index (κ3) is 6.96. The third-order valence-electron chi connectivity index (χ3n) is 7.76. The minimum absolute atomic E-state index is 0.0494. The standard InChI is InChI=1S/C33H24F6N4O4S/c34-32(35,36)22-7-11-25(12-8-22)48(45,46)42-27-16-17-43(30(27)20-4-2-1-3-5-20)31(44)28-13-6-21-18-24(10-14-26(21)41-28)47-29-15-9-23(19-40-29)33(37,38)39/h1-15,18-19,27,30,42H,16-17H2/t27-,30+/m0/s1. The molecule has 1 aliphatic heterocycles. The monoisotopic (exact) mass is 686 g/mol. The Morgan fingerprint density at radius 1 is 0.833 bits per heavy atom. The van der Waals surface area contributed by atoms with Gasteiger partial charge in [0.15, 0.2) is 0 Å². The summed E-state index contributed by atoms with van der Waals surface area (Å²) in [5.41, 5.74) is -0.756. The average Bonchev–Trinajstić information content (AvgIpc) is 3.46. The number of hydrogen-bond donors (Lipinski definition) is 1. The van der Waals surface area contributed by atoms with Crippen molar-refractivity contribution in [3.05, 3.63) is 126 Å². The molecule has 2 aromatic heterocycles. The van der Waals surface area contributed by atoms with Crippen LogP contribution in [0.2, 0.25) is 0 Å². The zero-order valence-corrected chi connectivity index (χ0v) is 25.4. The number of alkyl halides is 6. The molecule has 3 heterocycles. The molecule has 6 rings (SSSR count). The summed E-state index contributed by atoms with van der Waals surface area (Å²) in [7, 11) is -4.26. The Hall–Kier alpha value is -5.02. The molecule has 5 aromatic rings. The van der Waals surface area contributed by atoms with E-state index in [1.54, 1.807) is 48.5 Å². The van der Waals surface area contributed by atoms with Crippen molar-refractivity contribution in [1.82, 2.24) is 19.6 Å². The van der Waals surface area contributed by atoms with Gasteiger partial charge in [-0.1, -0.05) is 36.4 Å². The SMILES string of the molecule is O=C(c1ccc2cc(Oc3ccc(C(F)(F)F)cn3)ccc2n1)N1CC[C@H](NS(=O)(=O)c2ccc(C(F)(F)F)cc2)[C@H]1c1ccccc1. The molecule has 15 heteroatoms. The number of amides is 1. The van der Waals surface area contributed by atoms with Crippen LogP contribution in [-0.2, 0) is 22.4 Å². The first-order valence-corrected chi connectivity index (χ1v) is 15.8. The second-order valence-corrected chi connectivity index (χ2v) is 12.6. The van der Waals surface area contributed by atoms with Gasteiger partial charge in [0.2, 0.25) is 15.9 Å². The van der Waals surface area contributed by atoms with Gasteiger partial charge in [-0.05, 0) is 66.6 Å². The predicted octanol–water partition coefficient (Wildman–Crippen LogP) is 7.39. The molecule has 0 unspecified atom stereocenters. The zero-order valence-electron chi connectivity index (χ0n) is 24.5. The highest BCUT2D eigenvalue weighted by molar-refractivity contribution is 7.89. The van der Waals surface area contributed by atoms with Crippen LogP contribution in [0.3, 0.4) is 0 Å². The summed E-state index contributed by atoms with van der Waals surface area (Å²) in [5, 5.41) is 0.569. The Morgan fingerprint density at radius 2 is 1.52 bits per heavy atom. The molecule has 248 valence electrons. The van der Waals surface area contributed by atoms with Gasteiger partial charge in [-0.25, -0.2) is 23.1 Å². The van der Waals surface area contributed by atoms with Gasteiger partial charge in [0.25, 0.3) is 5.91 Å². The summed E-state index contributed by atoms with van der Waals surface area (Å²) in [4.78, 5) is 23.2. The predicted molar refractivity (Wildman–Crippen MR) is 161 cm³/mol. The van der Waals surface area contributed by atoms with E-state index in [-0.39, 0.29) is 35.2 Å². The molecule has 1 saturated heterocycles. The summed E-state index contributed by atoms with van der Waals surface area (Å²) in [6, 6.07) is 20.1. The molecule has 1 amide bonds. The van der Waals surface area contributed by atoms with E-state index >= 15 is 0 Å². The van der Waals surface area contributed by atoms with E-state index in [0.717, 1.165) is 24.3 Å². The molecular weight excluding hydrogens is 662 g/mol. The highest BCUT2D eigenvalue weighted by Crippen LogP contribution is 2.36. The molecule has 1 fully saturated rings. The summed E-state index contributed by atoms with van der Waals surface area (Å²) >= 11 is 0. The van der Waals surface area contributed by atoms with Crippen LogP contribution in [-0.4, -0.2) is 41.8 Å². The van der Waals surface area contributed by atoms with Gasteiger partial charge in [-0.2, -0.15) is 26.3 Å². The van der Waals surface area contributed by atoms with Gasteiger partial charge in [-0.3, -0.25) is 4.79 Å². The zero-order chi connectivity index (χ0) is 34.3. The van der Waals surface area contributed by atoms with Crippen molar-refractivity contribution >= 4 is 26.8 Å². The molecule has 0 radical (unpaired) electrons. The van der Waals surface area contributed by atoms with Gasteiger partial charge in [0.1, 0.15) is 11.4 Å². The maximum atomic E-state index is 13.9. The number of carbonyl (C=O) groups excluding carboxylic acids is 1. The molecule has 2 atom stereocenters. The average molecular weight is 687 g/mol. The Kier molecular flexibility index (Phi) is 8.60. The van der Waals surface area contributed by atoms with Crippen LogP contribution in [0.5, 0.6) is 11.6 Å². The smallest absolute Gasteiger partial charge is 0.417 e. The number of aromatic nitrogens is 2. The van der Waals surface area contributed by atoms with E-state index in [0.29, 0.717) is 34.8 Å². The largest absolute Gasteiger partial charge is 0.439 e. The van der Waals surface area contributed by atoms with E-state index in [9.17, 15) is 39.6 Å². The molecule has 1 N–H and O–H groups in total. The third-order valence-corrected chi connectivity index (χ3v) is 9.27. The van der Waals surface area contributed by atoms with E-state index in [1.165, 1.54) is 17.0 Å². The second kappa shape index (κ2) is 12.5. The van der Waals surface area contributed by atoms with E-state index in [1.807, 2.05) is 0 Å². The van der Waals surface area contributed by atoms with Crippen molar-refractivity contribution < 1.29 is 44.3 Å². The lowest BCUT2D eigenvalue weighted by Crippen LogP contribution is -2.41.